The van der Waals surface area contributed by atoms with Crippen LogP contribution in [0.25, 0.3) is 16.9 Å². The Bertz CT molecular complexity index is 475. The smallest absolute Gasteiger partial charge is 0.134 e. The van der Waals surface area contributed by atoms with Gasteiger partial charge < -0.3 is 9.73 Å². The van der Waals surface area contributed by atoms with E-state index in [-0.39, 0.29) is 12.4 Å². The molecule has 0 fully saturated rings. The number of hydrogen-bond donors (Lipinski definition) is 1. The minimum atomic E-state index is 0. The highest BCUT2D eigenvalue weighted by Crippen LogP contribution is 2.34. The van der Waals surface area contributed by atoms with Gasteiger partial charge in [0.1, 0.15) is 5.76 Å². The molecule has 0 aromatic heterocycles. The molecule has 0 unspecified atom stereocenters. The number of fused-ring (bicyclic) bond motifs is 1. The maximum Gasteiger partial charge on any atom is 0.134 e. The Morgan fingerprint density at radius 3 is 2.88 bits per heavy atom. The summed E-state index contributed by atoms with van der Waals surface area (Å²) in [5.41, 5.74) is 3.99. The SMILES string of the molecule is C1=C(c2ccc3occcc2-3)CCNC1.Cl. The van der Waals surface area contributed by atoms with Crippen molar-refractivity contribution in [3.63, 3.8) is 0 Å². The van der Waals surface area contributed by atoms with Gasteiger partial charge >= 0.3 is 0 Å². The summed E-state index contributed by atoms with van der Waals surface area (Å²) in [5.74, 6) is 0.979. The van der Waals surface area contributed by atoms with Crippen LogP contribution in [0.1, 0.15) is 12.0 Å². The summed E-state index contributed by atoms with van der Waals surface area (Å²) in [6.07, 6.45) is 5.10. The molecule has 0 spiro atoms. The van der Waals surface area contributed by atoms with Gasteiger partial charge in [0.15, 0.2) is 0 Å². The maximum atomic E-state index is 5.44. The van der Waals surface area contributed by atoms with Crippen LogP contribution in [-0.2, 0) is 0 Å². The lowest BCUT2D eigenvalue weighted by atomic mass is 9.99. The second-order valence-electron chi connectivity index (χ2n) is 3.82. The molecule has 84 valence electrons. The van der Waals surface area contributed by atoms with E-state index in [0.29, 0.717) is 0 Å². The molecule has 0 atom stereocenters. The Hall–Kier alpha value is -1.25. The molecule has 0 bridgehead atoms. The second-order valence-corrected chi connectivity index (χ2v) is 3.82. The molecule has 2 nitrogen and oxygen atoms in total. The molecule has 1 aliphatic carbocycles. The zero-order chi connectivity index (χ0) is 10.1. The summed E-state index contributed by atoms with van der Waals surface area (Å²) >= 11 is 0. The van der Waals surface area contributed by atoms with Crippen LogP contribution < -0.4 is 5.32 Å². The molecule has 0 aromatic carbocycles. The molecule has 3 aliphatic rings. The van der Waals surface area contributed by atoms with Gasteiger partial charge in [-0.2, -0.15) is 0 Å². The highest BCUT2D eigenvalue weighted by Gasteiger charge is 2.14. The van der Waals surface area contributed by atoms with Crippen molar-refractivity contribution in [2.45, 2.75) is 6.42 Å². The summed E-state index contributed by atoms with van der Waals surface area (Å²) in [6.45, 7) is 2.05. The average Bonchev–Trinajstić information content (AvgIpc) is 2.74. The van der Waals surface area contributed by atoms with E-state index in [1.807, 2.05) is 12.1 Å². The van der Waals surface area contributed by atoms with Crippen molar-refractivity contribution in [3.05, 3.63) is 42.2 Å². The lowest BCUT2D eigenvalue weighted by molar-refractivity contribution is 0.567. The first-order valence-corrected chi connectivity index (χ1v) is 5.31. The third kappa shape index (κ3) is 1.86. The maximum absolute atomic E-state index is 5.44. The van der Waals surface area contributed by atoms with E-state index < -0.39 is 0 Å². The number of rotatable bonds is 1. The molecular weight excluding hydrogens is 222 g/mol. The Kier molecular flexibility index (Phi) is 3.32. The summed E-state index contributed by atoms with van der Waals surface area (Å²) in [4.78, 5) is 0. The van der Waals surface area contributed by atoms with Crippen LogP contribution in [0.4, 0.5) is 0 Å². The Morgan fingerprint density at radius 1 is 1.12 bits per heavy atom. The van der Waals surface area contributed by atoms with Gasteiger partial charge in [0.05, 0.1) is 6.26 Å². The number of hydrogen-bond acceptors (Lipinski definition) is 2. The molecular formula is C13H14ClNO. The summed E-state index contributed by atoms with van der Waals surface area (Å²) < 4.78 is 5.44. The highest BCUT2D eigenvalue weighted by atomic mass is 35.5. The second kappa shape index (κ2) is 4.73. The topological polar surface area (TPSA) is 25.2 Å². The third-order valence-corrected chi connectivity index (χ3v) is 2.90. The quantitative estimate of drug-likeness (QED) is 0.821. The normalized spacial score (nSPS) is 15.6. The van der Waals surface area contributed by atoms with Crippen LogP contribution in [-0.4, -0.2) is 13.1 Å². The van der Waals surface area contributed by atoms with Crippen LogP contribution >= 0.6 is 12.4 Å². The van der Waals surface area contributed by atoms with Crippen LogP contribution in [0.15, 0.2) is 41.0 Å². The van der Waals surface area contributed by atoms with Gasteiger partial charge in [-0.15, -0.1) is 12.4 Å². The predicted molar refractivity (Wildman–Crippen MR) is 68.0 cm³/mol. The van der Waals surface area contributed by atoms with Crippen molar-refractivity contribution >= 4 is 18.0 Å². The minimum Gasteiger partial charge on any atom is -0.464 e. The standard InChI is InChI=1S/C13H13NO.ClH/c1-2-12-11(3-4-13(12)15-9-1)10-5-7-14-8-6-10;/h1-5,9,14H,6-8H2;1H. The molecule has 0 radical (unpaired) electrons. The van der Waals surface area contributed by atoms with Crippen molar-refractivity contribution < 1.29 is 4.42 Å². The highest BCUT2D eigenvalue weighted by molar-refractivity contribution is 5.85. The molecule has 2 heterocycles. The van der Waals surface area contributed by atoms with Gasteiger partial charge in [0.25, 0.3) is 0 Å². The van der Waals surface area contributed by atoms with Crippen molar-refractivity contribution in [2.24, 2.45) is 0 Å². The van der Waals surface area contributed by atoms with Crippen molar-refractivity contribution in [1.82, 2.24) is 5.32 Å². The van der Waals surface area contributed by atoms with Gasteiger partial charge in [-0.1, -0.05) is 12.1 Å². The monoisotopic (exact) mass is 235 g/mol. The lowest BCUT2D eigenvalue weighted by Gasteiger charge is -2.14. The van der Waals surface area contributed by atoms with E-state index in [9.17, 15) is 0 Å². The van der Waals surface area contributed by atoms with Crippen molar-refractivity contribution in [2.75, 3.05) is 13.1 Å². The first-order valence-electron chi connectivity index (χ1n) is 5.31. The van der Waals surface area contributed by atoms with Crippen molar-refractivity contribution in [3.8, 4) is 11.3 Å². The molecule has 3 heteroatoms. The fourth-order valence-corrected chi connectivity index (χ4v) is 2.14. The van der Waals surface area contributed by atoms with Gasteiger partial charge in [0.2, 0.25) is 0 Å². The van der Waals surface area contributed by atoms with E-state index in [4.69, 9.17) is 4.42 Å². The Morgan fingerprint density at radius 2 is 2.06 bits per heavy atom. The Balaban J connectivity index is 0.000000963. The van der Waals surface area contributed by atoms with Gasteiger partial charge in [-0.25, -0.2) is 0 Å². The summed E-state index contributed by atoms with van der Waals surface area (Å²) in [5, 5.41) is 3.32. The molecule has 3 rings (SSSR count). The summed E-state index contributed by atoms with van der Waals surface area (Å²) in [7, 11) is 0. The molecule has 1 N–H and O–H groups in total. The summed E-state index contributed by atoms with van der Waals surface area (Å²) in [6, 6.07) is 8.28. The van der Waals surface area contributed by atoms with Crippen molar-refractivity contribution in [1.29, 1.82) is 0 Å². The number of halogens is 1. The van der Waals surface area contributed by atoms with Gasteiger partial charge in [0, 0.05) is 12.1 Å². The minimum absolute atomic E-state index is 0. The van der Waals surface area contributed by atoms with E-state index >= 15 is 0 Å². The first kappa shape index (κ1) is 11.2. The molecule has 0 saturated heterocycles. The lowest BCUT2D eigenvalue weighted by Crippen LogP contribution is -2.19. The number of nitrogens with one attached hydrogen (secondary N) is 1. The van der Waals surface area contributed by atoms with Crippen LogP contribution in [0, 0.1) is 0 Å². The predicted octanol–water partition coefficient (Wildman–Crippen LogP) is 3.18. The molecule has 16 heavy (non-hydrogen) atoms. The van der Waals surface area contributed by atoms with Crippen LogP contribution in [0.3, 0.4) is 0 Å². The molecule has 0 amide bonds. The third-order valence-electron chi connectivity index (χ3n) is 2.90. The molecule has 2 aliphatic heterocycles. The van der Waals surface area contributed by atoms with E-state index in [0.717, 1.165) is 25.3 Å². The van der Waals surface area contributed by atoms with E-state index in [1.165, 1.54) is 16.7 Å². The molecule has 0 aromatic rings. The average molecular weight is 236 g/mol. The fourth-order valence-electron chi connectivity index (χ4n) is 2.14. The largest absolute Gasteiger partial charge is 0.464 e. The van der Waals surface area contributed by atoms with Gasteiger partial charge in [-0.3, -0.25) is 0 Å². The Labute approximate surface area is 101 Å². The molecule has 0 saturated carbocycles. The fraction of sp³-hybridized carbons (Fsp3) is 0.231. The van der Waals surface area contributed by atoms with Gasteiger partial charge in [-0.05, 0) is 42.3 Å². The van der Waals surface area contributed by atoms with Crippen LogP contribution in [0.2, 0.25) is 0 Å². The van der Waals surface area contributed by atoms with E-state index in [2.05, 4.69) is 23.5 Å². The zero-order valence-electron chi connectivity index (χ0n) is 8.90. The van der Waals surface area contributed by atoms with Crippen LogP contribution in [0.5, 0.6) is 0 Å². The van der Waals surface area contributed by atoms with E-state index in [1.54, 1.807) is 6.26 Å². The zero-order valence-corrected chi connectivity index (χ0v) is 9.72. The first-order chi connectivity index (χ1) is 7.45.